The van der Waals surface area contributed by atoms with Crippen LogP contribution in [0, 0.1) is 0 Å². The summed E-state index contributed by atoms with van der Waals surface area (Å²) in [5.41, 5.74) is 2.29. The smallest absolute Gasteiger partial charge is 0.156 e. The van der Waals surface area contributed by atoms with E-state index in [4.69, 9.17) is 0 Å². The van der Waals surface area contributed by atoms with E-state index in [1.807, 2.05) is 10.7 Å². The van der Waals surface area contributed by atoms with E-state index in [9.17, 15) is 0 Å². The van der Waals surface area contributed by atoms with E-state index >= 15 is 0 Å². The zero-order valence-corrected chi connectivity index (χ0v) is 9.01. The van der Waals surface area contributed by atoms with Gasteiger partial charge in [0.05, 0.1) is 5.69 Å². The fourth-order valence-electron chi connectivity index (χ4n) is 1.51. The Balaban J connectivity index is 2.47. The second-order valence-electron chi connectivity index (χ2n) is 3.31. The molecule has 0 bridgehead atoms. The highest BCUT2D eigenvalue weighted by molar-refractivity contribution is 5.24. The summed E-state index contributed by atoms with van der Waals surface area (Å²) in [6, 6.07) is 3.99. The molecule has 0 fully saturated rings. The number of rotatable bonds is 3. The van der Waals surface area contributed by atoms with E-state index in [0.29, 0.717) is 0 Å². The Hall–Kier alpha value is -1.71. The van der Waals surface area contributed by atoms with Crippen LogP contribution < -0.4 is 0 Å². The summed E-state index contributed by atoms with van der Waals surface area (Å²) in [6.45, 7) is 4.22. The second-order valence-corrected chi connectivity index (χ2v) is 3.31. The van der Waals surface area contributed by atoms with Crippen molar-refractivity contribution in [3.8, 4) is 5.82 Å². The molecule has 2 heterocycles. The predicted molar refractivity (Wildman–Crippen MR) is 57.9 cm³/mol. The lowest BCUT2D eigenvalue weighted by molar-refractivity contribution is 0.768. The summed E-state index contributed by atoms with van der Waals surface area (Å²) in [4.78, 5) is 8.10. The van der Waals surface area contributed by atoms with Gasteiger partial charge in [-0.2, -0.15) is 5.10 Å². The summed E-state index contributed by atoms with van der Waals surface area (Å²) in [5, 5.41) is 4.50. The van der Waals surface area contributed by atoms with Crippen LogP contribution in [0.15, 0.2) is 24.7 Å². The molecule has 0 aromatic carbocycles. The molecule has 0 saturated carbocycles. The van der Waals surface area contributed by atoms with Crippen LogP contribution in [0.2, 0.25) is 0 Å². The third-order valence-electron chi connectivity index (χ3n) is 2.34. The van der Waals surface area contributed by atoms with Gasteiger partial charge in [-0.1, -0.05) is 13.8 Å². The molecule has 0 aliphatic heterocycles. The maximum Gasteiger partial charge on any atom is 0.156 e. The zero-order chi connectivity index (χ0) is 10.7. The average Bonchev–Trinajstić information content (AvgIpc) is 2.73. The Kier molecular flexibility index (Phi) is 2.76. The van der Waals surface area contributed by atoms with Crippen LogP contribution in [-0.4, -0.2) is 19.7 Å². The van der Waals surface area contributed by atoms with Crippen LogP contribution in [0.4, 0.5) is 0 Å². The Labute approximate surface area is 89.0 Å². The van der Waals surface area contributed by atoms with Crippen molar-refractivity contribution in [1.82, 2.24) is 19.7 Å². The number of hydrogen-bond acceptors (Lipinski definition) is 3. The highest BCUT2D eigenvalue weighted by Crippen LogP contribution is 2.10. The van der Waals surface area contributed by atoms with Crippen LogP contribution in [0.5, 0.6) is 0 Å². The summed E-state index contributed by atoms with van der Waals surface area (Å²) in [7, 11) is 0. The van der Waals surface area contributed by atoms with Gasteiger partial charge in [0.1, 0.15) is 6.33 Å². The lowest BCUT2D eigenvalue weighted by Gasteiger charge is -2.02. The molecule has 0 unspecified atom stereocenters. The van der Waals surface area contributed by atoms with Gasteiger partial charge in [-0.3, -0.25) is 0 Å². The highest BCUT2D eigenvalue weighted by atomic mass is 15.3. The third-order valence-corrected chi connectivity index (χ3v) is 2.34. The first kappa shape index (κ1) is 9.83. The highest BCUT2D eigenvalue weighted by Gasteiger charge is 2.07. The first-order valence-electron chi connectivity index (χ1n) is 5.19. The SMILES string of the molecule is CCc1cc(CC)n(-c2ccncn2)n1. The number of nitrogens with zero attached hydrogens (tertiary/aromatic N) is 4. The van der Waals surface area contributed by atoms with Crippen molar-refractivity contribution in [3.05, 3.63) is 36.0 Å². The topological polar surface area (TPSA) is 43.6 Å². The largest absolute Gasteiger partial charge is 0.245 e. The van der Waals surface area contributed by atoms with Crippen molar-refractivity contribution in [2.45, 2.75) is 26.7 Å². The fraction of sp³-hybridized carbons (Fsp3) is 0.364. The fourth-order valence-corrected chi connectivity index (χ4v) is 1.51. The van der Waals surface area contributed by atoms with E-state index < -0.39 is 0 Å². The van der Waals surface area contributed by atoms with Crippen LogP contribution in [0.25, 0.3) is 5.82 Å². The van der Waals surface area contributed by atoms with E-state index in [2.05, 4.69) is 35.0 Å². The quantitative estimate of drug-likeness (QED) is 0.762. The molecule has 0 aliphatic rings. The normalized spacial score (nSPS) is 10.5. The van der Waals surface area contributed by atoms with Crippen molar-refractivity contribution < 1.29 is 0 Å². The average molecular weight is 202 g/mol. The number of hydrogen-bond donors (Lipinski definition) is 0. The summed E-state index contributed by atoms with van der Waals surface area (Å²) in [5.74, 6) is 0.835. The maximum atomic E-state index is 4.50. The van der Waals surface area contributed by atoms with Gasteiger partial charge in [0, 0.05) is 18.0 Å². The number of aromatic nitrogens is 4. The van der Waals surface area contributed by atoms with Crippen molar-refractivity contribution in [3.63, 3.8) is 0 Å². The van der Waals surface area contributed by atoms with Crippen LogP contribution in [0.1, 0.15) is 25.2 Å². The molecule has 4 nitrogen and oxygen atoms in total. The molecule has 0 radical (unpaired) electrons. The molecule has 0 aliphatic carbocycles. The molecule has 2 aromatic rings. The minimum absolute atomic E-state index is 0.835. The van der Waals surface area contributed by atoms with Crippen molar-refractivity contribution in [2.75, 3.05) is 0 Å². The monoisotopic (exact) mass is 202 g/mol. The number of aryl methyl sites for hydroxylation is 2. The van der Waals surface area contributed by atoms with Gasteiger partial charge in [0.2, 0.25) is 0 Å². The third kappa shape index (κ3) is 1.88. The molecular weight excluding hydrogens is 188 g/mol. The van der Waals surface area contributed by atoms with E-state index in [1.54, 1.807) is 12.5 Å². The molecule has 0 N–H and O–H groups in total. The lowest BCUT2D eigenvalue weighted by atomic mass is 10.2. The van der Waals surface area contributed by atoms with Crippen LogP contribution in [0.3, 0.4) is 0 Å². The molecule has 2 aromatic heterocycles. The predicted octanol–water partition coefficient (Wildman–Crippen LogP) is 1.79. The lowest BCUT2D eigenvalue weighted by Crippen LogP contribution is -2.03. The Morgan fingerprint density at radius 2 is 2.13 bits per heavy atom. The molecule has 0 saturated heterocycles. The van der Waals surface area contributed by atoms with E-state index in [0.717, 1.165) is 24.4 Å². The first-order chi connectivity index (χ1) is 7.35. The zero-order valence-electron chi connectivity index (χ0n) is 9.01. The molecule has 2 rings (SSSR count). The van der Waals surface area contributed by atoms with Gasteiger partial charge in [-0.15, -0.1) is 0 Å². The molecule has 4 heteroatoms. The summed E-state index contributed by atoms with van der Waals surface area (Å²) < 4.78 is 1.89. The minimum atomic E-state index is 0.835. The Morgan fingerprint density at radius 1 is 1.27 bits per heavy atom. The molecule has 0 amide bonds. The van der Waals surface area contributed by atoms with Crippen molar-refractivity contribution in [1.29, 1.82) is 0 Å². The van der Waals surface area contributed by atoms with E-state index in [-0.39, 0.29) is 0 Å². The van der Waals surface area contributed by atoms with Crippen LogP contribution in [-0.2, 0) is 12.8 Å². The molecule has 0 spiro atoms. The Bertz CT molecular complexity index is 433. The molecular formula is C11H14N4. The van der Waals surface area contributed by atoms with Gasteiger partial charge < -0.3 is 0 Å². The van der Waals surface area contributed by atoms with Gasteiger partial charge >= 0.3 is 0 Å². The van der Waals surface area contributed by atoms with E-state index in [1.165, 1.54) is 5.69 Å². The van der Waals surface area contributed by atoms with Crippen molar-refractivity contribution >= 4 is 0 Å². The standard InChI is InChI=1S/C11H14N4/c1-3-9-7-10(4-2)15(14-9)11-5-6-12-8-13-11/h5-8H,3-4H2,1-2H3. The van der Waals surface area contributed by atoms with Crippen LogP contribution >= 0.6 is 0 Å². The summed E-state index contributed by atoms with van der Waals surface area (Å²) in [6.07, 6.45) is 5.18. The first-order valence-corrected chi connectivity index (χ1v) is 5.19. The second kappa shape index (κ2) is 4.21. The van der Waals surface area contributed by atoms with Gasteiger partial charge in [0.25, 0.3) is 0 Å². The van der Waals surface area contributed by atoms with Gasteiger partial charge in [-0.05, 0) is 18.9 Å². The van der Waals surface area contributed by atoms with Gasteiger partial charge in [-0.25, -0.2) is 14.6 Å². The molecule has 78 valence electrons. The maximum absolute atomic E-state index is 4.50. The minimum Gasteiger partial charge on any atom is -0.245 e. The van der Waals surface area contributed by atoms with Crippen molar-refractivity contribution in [2.24, 2.45) is 0 Å². The van der Waals surface area contributed by atoms with Gasteiger partial charge in [0.15, 0.2) is 5.82 Å². The summed E-state index contributed by atoms with van der Waals surface area (Å²) >= 11 is 0. The molecule has 15 heavy (non-hydrogen) atoms. The molecule has 0 atom stereocenters. The Morgan fingerprint density at radius 3 is 2.73 bits per heavy atom.